The number of hydrogen-bond acceptors (Lipinski definition) is 4. The Morgan fingerprint density at radius 2 is 2.47 bits per heavy atom. The zero-order chi connectivity index (χ0) is 10.8. The molecule has 15 heavy (non-hydrogen) atoms. The molecule has 0 N–H and O–H groups in total. The smallest absolute Gasteiger partial charge is 0.358 e. The normalized spacial score (nSPS) is 14.9. The number of nitrogens with zero attached hydrogens (tertiary/aromatic N) is 3. The summed E-state index contributed by atoms with van der Waals surface area (Å²) in [4.78, 5) is 15.7. The number of ether oxygens (including phenoxy) is 1. The van der Waals surface area contributed by atoms with E-state index in [1.54, 1.807) is 13.1 Å². The number of imidazole rings is 1. The van der Waals surface area contributed by atoms with Crippen LogP contribution >= 0.6 is 22.9 Å². The number of anilines is 1. The van der Waals surface area contributed by atoms with Gasteiger partial charge in [-0.15, -0.1) is 0 Å². The lowest BCUT2D eigenvalue weighted by atomic mass is 10.4. The van der Waals surface area contributed by atoms with E-state index < -0.39 is 0 Å². The number of fused-ring (bicyclic) bond motifs is 1. The number of aromatic nitrogens is 2. The van der Waals surface area contributed by atoms with Crippen LogP contribution < -0.4 is 3.11 Å². The van der Waals surface area contributed by atoms with Crippen LogP contribution in [-0.2, 0) is 11.3 Å². The highest BCUT2D eigenvalue weighted by Crippen LogP contribution is 2.23. The van der Waals surface area contributed by atoms with Crippen molar-refractivity contribution in [1.82, 2.24) is 9.55 Å². The lowest BCUT2D eigenvalue weighted by Gasteiger charge is -2.22. The molecule has 0 unspecified atom stereocenters. The van der Waals surface area contributed by atoms with Gasteiger partial charge in [-0.25, -0.2) is 9.78 Å². The third kappa shape index (κ3) is 2.09. The number of carbonyl (C=O) groups is 1. The van der Waals surface area contributed by atoms with Gasteiger partial charge in [0.2, 0.25) is 5.95 Å². The van der Waals surface area contributed by atoms with E-state index in [2.05, 4.69) is 27.8 Å². The van der Waals surface area contributed by atoms with E-state index in [0.29, 0.717) is 12.3 Å². The molecule has 1 aliphatic heterocycles. The van der Waals surface area contributed by atoms with Gasteiger partial charge in [-0.3, -0.25) is 3.11 Å². The number of rotatable bonds is 2. The lowest BCUT2D eigenvalue weighted by Crippen LogP contribution is -2.22. The average molecular weight is 321 g/mol. The fourth-order valence-corrected chi connectivity index (χ4v) is 2.27. The number of halogens is 1. The molecule has 5 nitrogen and oxygen atoms in total. The van der Waals surface area contributed by atoms with Crippen LogP contribution in [0, 0.1) is 0 Å². The van der Waals surface area contributed by atoms with Crippen LogP contribution in [0.15, 0.2) is 6.20 Å². The van der Waals surface area contributed by atoms with Crippen LogP contribution in [0.4, 0.5) is 5.95 Å². The van der Waals surface area contributed by atoms with Crippen molar-refractivity contribution in [3.8, 4) is 0 Å². The Hall–Kier alpha value is -0.790. The van der Waals surface area contributed by atoms with Crippen LogP contribution in [0.1, 0.15) is 23.8 Å². The summed E-state index contributed by atoms with van der Waals surface area (Å²) >= 11 is 2.20. The van der Waals surface area contributed by atoms with Crippen LogP contribution in [0.5, 0.6) is 0 Å². The Morgan fingerprint density at radius 1 is 1.67 bits per heavy atom. The number of aryl methyl sites for hydroxylation is 1. The van der Waals surface area contributed by atoms with Gasteiger partial charge in [0.15, 0.2) is 5.69 Å². The van der Waals surface area contributed by atoms with Crippen LogP contribution in [0.3, 0.4) is 0 Å². The highest BCUT2D eigenvalue weighted by atomic mass is 127. The van der Waals surface area contributed by atoms with Gasteiger partial charge in [0.05, 0.1) is 29.5 Å². The number of carbonyl (C=O) groups excluding carboxylic acids is 1. The molecule has 2 heterocycles. The summed E-state index contributed by atoms with van der Waals surface area (Å²) in [6, 6.07) is 0. The molecule has 0 fully saturated rings. The predicted molar refractivity (Wildman–Crippen MR) is 64.2 cm³/mol. The van der Waals surface area contributed by atoms with E-state index in [0.717, 1.165) is 25.5 Å². The summed E-state index contributed by atoms with van der Waals surface area (Å²) in [5, 5.41) is 0. The van der Waals surface area contributed by atoms with Gasteiger partial charge in [0.25, 0.3) is 0 Å². The molecule has 0 aromatic carbocycles. The van der Waals surface area contributed by atoms with E-state index in [1.807, 2.05) is 7.68 Å². The summed E-state index contributed by atoms with van der Waals surface area (Å²) in [7, 11) is 0. The van der Waals surface area contributed by atoms with Crippen molar-refractivity contribution in [2.45, 2.75) is 19.9 Å². The molecule has 0 amide bonds. The van der Waals surface area contributed by atoms with Crippen molar-refractivity contribution in [3.05, 3.63) is 11.9 Å². The standard InChI is InChI=1S/C9H12IN3O2/c1-2-15-8(14)7-6-12-4-3-5-13(10)9(12)11-7/h6H,2-5H2,1H3. The molecule has 0 saturated carbocycles. The van der Waals surface area contributed by atoms with Crippen molar-refractivity contribution in [1.29, 1.82) is 0 Å². The molecule has 0 aliphatic carbocycles. The maximum absolute atomic E-state index is 11.5. The molecule has 6 heteroatoms. The fraction of sp³-hybridized carbons (Fsp3) is 0.556. The topological polar surface area (TPSA) is 47.4 Å². The summed E-state index contributed by atoms with van der Waals surface area (Å²) in [5.74, 6) is 0.495. The number of hydrogen-bond donors (Lipinski definition) is 0. The van der Waals surface area contributed by atoms with Crippen LogP contribution in [-0.4, -0.2) is 28.7 Å². The Kier molecular flexibility index (Phi) is 3.13. The van der Waals surface area contributed by atoms with E-state index in [4.69, 9.17) is 4.74 Å². The summed E-state index contributed by atoms with van der Waals surface area (Å²) < 4.78 is 8.91. The molecule has 1 aromatic rings. The van der Waals surface area contributed by atoms with Gasteiger partial charge in [0, 0.05) is 19.3 Å². The molecule has 1 aliphatic rings. The molecule has 0 bridgehead atoms. The number of esters is 1. The van der Waals surface area contributed by atoms with Crippen molar-refractivity contribution in [3.63, 3.8) is 0 Å². The maximum atomic E-state index is 11.5. The summed E-state index contributed by atoms with van der Waals surface area (Å²) in [6.45, 7) is 4.06. The first kappa shape index (κ1) is 10.7. The second-order valence-electron chi connectivity index (χ2n) is 3.28. The fourth-order valence-electron chi connectivity index (χ4n) is 1.55. The minimum Gasteiger partial charge on any atom is -0.461 e. The Bertz CT molecular complexity index is 377. The zero-order valence-electron chi connectivity index (χ0n) is 8.44. The minimum absolute atomic E-state index is 0.343. The Morgan fingerprint density at radius 3 is 3.13 bits per heavy atom. The van der Waals surface area contributed by atoms with Gasteiger partial charge in [0.1, 0.15) is 0 Å². The third-order valence-electron chi connectivity index (χ3n) is 2.21. The van der Waals surface area contributed by atoms with E-state index in [-0.39, 0.29) is 5.97 Å². The summed E-state index contributed by atoms with van der Waals surface area (Å²) in [6.07, 6.45) is 2.84. The molecule has 1 aromatic heterocycles. The van der Waals surface area contributed by atoms with Crippen molar-refractivity contribution in [2.75, 3.05) is 16.3 Å². The van der Waals surface area contributed by atoms with Gasteiger partial charge in [-0.1, -0.05) is 0 Å². The van der Waals surface area contributed by atoms with Gasteiger partial charge < -0.3 is 9.30 Å². The van der Waals surface area contributed by atoms with Crippen molar-refractivity contribution >= 4 is 34.8 Å². The average Bonchev–Trinajstić information content (AvgIpc) is 2.63. The molecular weight excluding hydrogens is 309 g/mol. The van der Waals surface area contributed by atoms with Crippen molar-refractivity contribution in [2.24, 2.45) is 0 Å². The highest BCUT2D eigenvalue weighted by molar-refractivity contribution is 14.1. The van der Waals surface area contributed by atoms with Gasteiger partial charge in [-0.2, -0.15) is 0 Å². The molecule has 2 rings (SSSR count). The van der Waals surface area contributed by atoms with Gasteiger partial charge >= 0.3 is 5.97 Å². The first-order valence-corrected chi connectivity index (χ1v) is 5.86. The second-order valence-corrected chi connectivity index (χ2v) is 4.44. The van der Waals surface area contributed by atoms with E-state index >= 15 is 0 Å². The molecule has 0 radical (unpaired) electrons. The maximum Gasteiger partial charge on any atom is 0.358 e. The Balaban J connectivity index is 2.25. The minimum atomic E-state index is -0.343. The molecule has 0 saturated heterocycles. The summed E-state index contributed by atoms with van der Waals surface area (Å²) in [5.41, 5.74) is 0.399. The molecule has 0 atom stereocenters. The first-order chi connectivity index (χ1) is 7.22. The largest absolute Gasteiger partial charge is 0.461 e. The van der Waals surface area contributed by atoms with E-state index in [9.17, 15) is 4.79 Å². The van der Waals surface area contributed by atoms with Crippen molar-refractivity contribution < 1.29 is 9.53 Å². The van der Waals surface area contributed by atoms with Gasteiger partial charge in [-0.05, 0) is 13.3 Å². The lowest BCUT2D eigenvalue weighted by molar-refractivity contribution is 0.0520. The quantitative estimate of drug-likeness (QED) is 0.472. The monoisotopic (exact) mass is 321 g/mol. The molecule has 82 valence electrons. The third-order valence-corrected chi connectivity index (χ3v) is 3.12. The SMILES string of the molecule is CCOC(=O)c1cn2c(n1)N(I)CCC2. The van der Waals surface area contributed by atoms with E-state index in [1.165, 1.54) is 0 Å². The predicted octanol–water partition coefficient (Wildman–Crippen LogP) is 1.62. The molecule has 0 spiro atoms. The van der Waals surface area contributed by atoms with Crippen LogP contribution in [0.25, 0.3) is 0 Å². The van der Waals surface area contributed by atoms with Crippen LogP contribution in [0.2, 0.25) is 0 Å². The highest BCUT2D eigenvalue weighted by Gasteiger charge is 2.21. The zero-order valence-corrected chi connectivity index (χ0v) is 10.6. The Labute approximate surface area is 102 Å². The first-order valence-electron chi connectivity index (χ1n) is 4.90. The second kappa shape index (κ2) is 4.38. The molecular formula is C9H12IN3O2.